The van der Waals surface area contributed by atoms with Gasteiger partial charge in [0.05, 0.1) is 5.60 Å². The highest BCUT2D eigenvalue weighted by Gasteiger charge is 2.28. The molecular formula is C13H22N4O2S. The lowest BCUT2D eigenvalue weighted by molar-refractivity contribution is 0.0281. The average Bonchev–Trinajstić information content (AvgIpc) is 2.77. The number of aliphatic hydroxyl groups is 1. The van der Waals surface area contributed by atoms with Crippen LogP contribution in [-0.4, -0.2) is 33.5 Å². The zero-order valence-corrected chi connectivity index (χ0v) is 12.6. The number of aromatic nitrogens is 2. The summed E-state index contributed by atoms with van der Waals surface area (Å²) in [6, 6.07) is -0.332. The number of nitrogens with zero attached hydrogens (tertiary/aromatic N) is 2. The third-order valence-corrected chi connectivity index (χ3v) is 4.59. The summed E-state index contributed by atoms with van der Waals surface area (Å²) in [5.41, 5.74) is -0.760. The fourth-order valence-electron chi connectivity index (χ4n) is 2.40. The summed E-state index contributed by atoms with van der Waals surface area (Å²) in [5, 5.41) is 25.0. The monoisotopic (exact) mass is 298 g/mol. The van der Waals surface area contributed by atoms with Crippen molar-refractivity contribution in [1.29, 1.82) is 0 Å². The SMILES string of the molecule is CCc1nnc(NC(=O)NCC2(O)CCCCCC2)s1. The molecule has 1 aliphatic rings. The van der Waals surface area contributed by atoms with Gasteiger partial charge < -0.3 is 10.4 Å². The van der Waals surface area contributed by atoms with Gasteiger partial charge in [-0.25, -0.2) is 4.79 Å². The molecule has 1 saturated carbocycles. The minimum Gasteiger partial charge on any atom is -0.388 e. The van der Waals surface area contributed by atoms with Crippen molar-refractivity contribution in [3.05, 3.63) is 5.01 Å². The molecular weight excluding hydrogens is 276 g/mol. The van der Waals surface area contributed by atoms with Gasteiger partial charge in [0.25, 0.3) is 0 Å². The van der Waals surface area contributed by atoms with E-state index in [1.54, 1.807) is 0 Å². The molecule has 3 N–H and O–H groups in total. The van der Waals surface area contributed by atoms with Gasteiger partial charge in [-0.15, -0.1) is 10.2 Å². The predicted octanol–water partition coefficient (Wildman–Crippen LogP) is 2.31. The Bertz CT molecular complexity index is 441. The number of amides is 2. The van der Waals surface area contributed by atoms with Crippen molar-refractivity contribution in [2.24, 2.45) is 0 Å². The fraction of sp³-hybridized carbons (Fsp3) is 0.769. The minimum absolute atomic E-state index is 0.290. The number of hydrogen-bond donors (Lipinski definition) is 3. The Morgan fingerprint density at radius 2 is 2.00 bits per heavy atom. The van der Waals surface area contributed by atoms with Crippen LogP contribution in [-0.2, 0) is 6.42 Å². The molecule has 0 spiro atoms. The molecule has 2 amide bonds. The first-order chi connectivity index (χ1) is 9.61. The van der Waals surface area contributed by atoms with E-state index in [1.165, 1.54) is 24.2 Å². The summed E-state index contributed by atoms with van der Waals surface area (Å²) < 4.78 is 0. The molecule has 0 aromatic carbocycles. The van der Waals surface area contributed by atoms with Crippen molar-refractivity contribution in [1.82, 2.24) is 15.5 Å². The molecule has 1 aromatic heterocycles. The van der Waals surface area contributed by atoms with Crippen molar-refractivity contribution in [2.45, 2.75) is 57.5 Å². The van der Waals surface area contributed by atoms with E-state index in [0.717, 1.165) is 37.1 Å². The van der Waals surface area contributed by atoms with Crippen LogP contribution < -0.4 is 10.6 Å². The highest BCUT2D eigenvalue weighted by atomic mass is 32.1. The normalized spacial score (nSPS) is 18.3. The maximum absolute atomic E-state index is 11.8. The molecule has 0 unspecified atom stereocenters. The van der Waals surface area contributed by atoms with Crippen LogP contribution in [0.4, 0.5) is 9.93 Å². The second-order valence-corrected chi connectivity index (χ2v) is 6.36. The summed E-state index contributed by atoms with van der Waals surface area (Å²) >= 11 is 1.37. The van der Waals surface area contributed by atoms with Crippen molar-refractivity contribution < 1.29 is 9.90 Å². The molecule has 6 nitrogen and oxygen atoms in total. The first-order valence-corrected chi connectivity index (χ1v) is 8.02. The first-order valence-electron chi connectivity index (χ1n) is 7.21. The third-order valence-electron chi connectivity index (χ3n) is 3.60. The molecule has 0 bridgehead atoms. The van der Waals surface area contributed by atoms with Gasteiger partial charge in [-0.1, -0.05) is 43.9 Å². The van der Waals surface area contributed by atoms with E-state index in [9.17, 15) is 9.90 Å². The number of aryl methyl sites for hydroxylation is 1. The van der Waals surface area contributed by atoms with Gasteiger partial charge in [-0.05, 0) is 19.3 Å². The van der Waals surface area contributed by atoms with Crippen LogP contribution in [0.5, 0.6) is 0 Å². The summed E-state index contributed by atoms with van der Waals surface area (Å²) in [5.74, 6) is 0. The minimum atomic E-state index is -0.760. The molecule has 1 aromatic rings. The van der Waals surface area contributed by atoms with E-state index < -0.39 is 5.60 Å². The van der Waals surface area contributed by atoms with Crippen molar-refractivity contribution in [3.63, 3.8) is 0 Å². The van der Waals surface area contributed by atoms with Crippen molar-refractivity contribution >= 4 is 22.5 Å². The number of hydrogen-bond acceptors (Lipinski definition) is 5. The second-order valence-electron chi connectivity index (χ2n) is 5.30. The molecule has 0 saturated heterocycles. The van der Waals surface area contributed by atoms with Gasteiger partial charge >= 0.3 is 6.03 Å². The third kappa shape index (κ3) is 4.42. The standard InChI is InChI=1S/C13H22N4O2S/c1-2-10-16-17-12(20-10)15-11(18)14-9-13(19)7-5-3-4-6-8-13/h19H,2-9H2,1H3,(H2,14,15,17,18). The van der Waals surface area contributed by atoms with E-state index in [1.807, 2.05) is 6.92 Å². The van der Waals surface area contributed by atoms with E-state index in [2.05, 4.69) is 20.8 Å². The lowest BCUT2D eigenvalue weighted by atomic mass is 9.95. The highest BCUT2D eigenvalue weighted by molar-refractivity contribution is 7.15. The van der Waals surface area contributed by atoms with Crippen molar-refractivity contribution in [2.75, 3.05) is 11.9 Å². The van der Waals surface area contributed by atoms with E-state index in [4.69, 9.17) is 0 Å². The number of nitrogens with one attached hydrogen (secondary N) is 2. The molecule has 112 valence electrons. The Morgan fingerprint density at radius 3 is 2.60 bits per heavy atom. The number of carbonyl (C=O) groups excluding carboxylic acids is 1. The van der Waals surface area contributed by atoms with Crippen molar-refractivity contribution in [3.8, 4) is 0 Å². The number of rotatable bonds is 4. The number of urea groups is 1. The van der Waals surface area contributed by atoms with Crippen LogP contribution in [0.3, 0.4) is 0 Å². The topological polar surface area (TPSA) is 87.1 Å². The largest absolute Gasteiger partial charge is 0.388 e. The van der Waals surface area contributed by atoms with Crippen LogP contribution in [0.25, 0.3) is 0 Å². The maximum atomic E-state index is 11.8. The van der Waals surface area contributed by atoms with Crippen LogP contribution in [0, 0.1) is 0 Å². The molecule has 7 heteroatoms. The number of carbonyl (C=O) groups is 1. The summed E-state index contributed by atoms with van der Waals surface area (Å²) in [6.07, 6.45) is 6.70. The van der Waals surface area contributed by atoms with E-state index in [-0.39, 0.29) is 12.6 Å². The van der Waals surface area contributed by atoms with E-state index in [0.29, 0.717) is 5.13 Å². The summed E-state index contributed by atoms with van der Waals surface area (Å²) in [4.78, 5) is 11.8. The van der Waals surface area contributed by atoms with Crippen LogP contribution >= 0.6 is 11.3 Å². The molecule has 0 aliphatic heterocycles. The van der Waals surface area contributed by atoms with Crippen LogP contribution in [0.2, 0.25) is 0 Å². The molecule has 20 heavy (non-hydrogen) atoms. The van der Waals surface area contributed by atoms with Gasteiger partial charge in [-0.3, -0.25) is 5.32 Å². The van der Waals surface area contributed by atoms with Gasteiger partial charge in [0.1, 0.15) is 5.01 Å². The molecule has 1 fully saturated rings. The molecule has 1 heterocycles. The zero-order chi connectivity index (χ0) is 14.4. The summed E-state index contributed by atoms with van der Waals surface area (Å²) in [6.45, 7) is 2.28. The van der Waals surface area contributed by atoms with E-state index >= 15 is 0 Å². The predicted molar refractivity (Wildman–Crippen MR) is 79.0 cm³/mol. The average molecular weight is 298 g/mol. The highest BCUT2D eigenvalue weighted by Crippen LogP contribution is 2.26. The van der Waals surface area contributed by atoms with Crippen LogP contribution in [0.15, 0.2) is 0 Å². The Morgan fingerprint density at radius 1 is 1.30 bits per heavy atom. The Kier molecular flexibility index (Phi) is 5.31. The second kappa shape index (κ2) is 6.99. The summed E-state index contributed by atoms with van der Waals surface area (Å²) in [7, 11) is 0. The van der Waals surface area contributed by atoms with Crippen LogP contribution in [0.1, 0.15) is 50.5 Å². The quantitative estimate of drug-likeness (QED) is 0.744. The number of anilines is 1. The molecule has 2 rings (SSSR count). The van der Waals surface area contributed by atoms with Gasteiger partial charge in [0.15, 0.2) is 0 Å². The Labute approximate surface area is 123 Å². The zero-order valence-electron chi connectivity index (χ0n) is 11.8. The molecule has 1 aliphatic carbocycles. The Balaban J connectivity index is 1.79. The lowest BCUT2D eigenvalue weighted by Gasteiger charge is -2.26. The van der Waals surface area contributed by atoms with Gasteiger partial charge in [0.2, 0.25) is 5.13 Å². The first kappa shape index (κ1) is 15.2. The van der Waals surface area contributed by atoms with Gasteiger partial charge in [-0.2, -0.15) is 0 Å². The smallest absolute Gasteiger partial charge is 0.321 e. The van der Waals surface area contributed by atoms with Gasteiger partial charge in [0, 0.05) is 6.54 Å². The Hall–Kier alpha value is -1.21. The fourth-order valence-corrected chi connectivity index (χ4v) is 3.07. The molecule has 0 radical (unpaired) electrons. The lowest BCUT2D eigenvalue weighted by Crippen LogP contribution is -2.44. The maximum Gasteiger partial charge on any atom is 0.321 e. The molecule has 0 atom stereocenters.